The monoisotopic (exact) mass is 330 g/mol. The summed E-state index contributed by atoms with van der Waals surface area (Å²) in [6.07, 6.45) is 2.51. The molecule has 0 atom stereocenters. The fourth-order valence-electron chi connectivity index (χ4n) is 1.39. The summed E-state index contributed by atoms with van der Waals surface area (Å²) < 4.78 is 36.5. The molecule has 2 aromatic heterocycles. The van der Waals surface area contributed by atoms with Crippen molar-refractivity contribution in [3.63, 3.8) is 0 Å². The maximum absolute atomic E-state index is 12.2. The molecule has 0 saturated heterocycles. The van der Waals surface area contributed by atoms with Crippen LogP contribution in [0.3, 0.4) is 0 Å². The fraction of sp³-hybridized carbons (Fsp3) is 0.182. The first-order chi connectivity index (χ1) is 9.96. The van der Waals surface area contributed by atoms with Crippen LogP contribution in [0.5, 0.6) is 11.8 Å². The van der Waals surface area contributed by atoms with Crippen molar-refractivity contribution in [2.75, 3.05) is 18.9 Å². The number of ether oxygens (including phenoxy) is 2. The lowest BCUT2D eigenvalue weighted by molar-refractivity contribution is 0.373. The van der Waals surface area contributed by atoms with E-state index in [2.05, 4.69) is 19.7 Å². The summed E-state index contributed by atoms with van der Waals surface area (Å²) >= 11 is 5.84. The summed E-state index contributed by atoms with van der Waals surface area (Å²) in [6, 6.07) is 2.78. The zero-order valence-electron chi connectivity index (χ0n) is 11.1. The van der Waals surface area contributed by atoms with E-state index in [1.807, 2.05) is 0 Å². The molecule has 0 amide bonds. The molecule has 2 rings (SSSR count). The van der Waals surface area contributed by atoms with Crippen LogP contribution >= 0.6 is 11.6 Å². The van der Waals surface area contributed by atoms with Crippen molar-refractivity contribution in [3.05, 3.63) is 29.5 Å². The Morgan fingerprint density at radius 3 is 2.33 bits per heavy atom. The van der Waals surface area contributed by atoms with Gasteiger partial charge in [-0.1, -0.05) is 11.6 Å². The molecule has 0 spiro atoms. The third-order valence-electron chi connectivity index (χ3n) is 2.35. The second-order valence-corrected chi connectivity index (χ2v) is 5.75. The molecule has 10 heteroatoms. The number of halogens is 1. The zero-order valence-corrected chi connectivity index (χ0v) is 12.6. The van der Waals surface area contributed by atoms with Gasteiger partial charge in [0.2, 0.25) is 17.7 Å². The minimum atomic E-state index is -3.97. The Balaban J connectivity index is 2.39. The van der Waals surface area contributed by atoms with Crippen LogP contribution in [0.1, 0.15) is 0 Å². The quantitative estimate of drug-likeness (QED) is 0.882. The van der Waals surface area contributed by atoms with E-state index >= 15 is 0 Å². The van der Waals surface area contributed by atoms with Crippen molar-refractivity contribution in [2.24, 2.45) is 0 Å². The van der Waals surface area contributed by atoms with Gasteiger partial charge in [0.15, 0.2) is 0 Å². The van der Waals surface area contributed by atoms with Gasteiger partial charge in [-0.15, -0.1) is 0 Å². The van der Waals surface area contributed by atoms with Crippen LogP contribution in [0, 0.1) is 0 Å². The van der Waals surface area contributed by atoms with Crippen molar-refractivity contribution >= 4 is 27.6 Å². The normalized spacial score (nSPS) is 11.0. The Morgan fingerprint density at radius 1 is 1.19 bits per heavy atom. The van der Waals surface area contributed by atoms with Gasteiger partial charge in [0.05, 0.1) is 25.3 Å². The minimum absolute atomic E-state index is 0.0346. The summed E-state index contributed by atoms with van der Waals surface area (Å²) in [4.78, 5) is 11.3. The number of aromatic nitrogens is 3. The Labute approximate surface area is 126 Å². The number of nitrogens with zero attached hydrogens (tertiary/aromatic N) is 3. The van der Waals surface area contributed by atoms with Gasteiger partial charge in [0.25, 0.3) is 10.0 Å². The van der Waals surface area contributed by atoms with Crippen molar-refractivity contribution in [1.82, 2.24) is 15.0 Å². The highest BCUT2D eigenvalue weighted by molar-refractivity contribution is 7.92. The smallest absolute Gasteiger partial charge is 0.267 e. The van der Waals surface area contributed by atoms with Gasteiger partial charge in [-0.3, -0.25) is 4.98 Å². The molecule has 0 aliphatic heterocycles. The van der Waals surface area contributed by atoms with E-state index in [0.29, 0.717) is 0 Å². The summed E-state index contributed by atoms with van der Waals surface area (Å²) in [5.74, 6) is 0.0970. The first-order valence-corrected chi connectivity index (χ1v) is 7.42. The number of methoxy groups -OCH3 is 2. The summed E-state index contributed by atoms with van der Waals surface area (Å²) in [5, 5.41) is 0.0346. The largest absolute Gasteiger partial charge is 0.481 e. The first kappa shape index (κ1) is 15.3. The van der Waals surface area contributed by atoms with Gasteiger partial charge in [0.1, 0.15) is 4.90 Å². The zero-order chi connectivity index (χ0) is 15.5. The average Bonchev–Trinajstić information content (AvgIpc) is 2.46. The lowest BCUT2D eigenvalue weighted by Gasteiger charge is -2.09. The summed E-state index contributed by atoms with van der Waals surface area (Å²) in [5.41, 5.74) is 0. The molecule has 0 fully saturated rings. The summed E-state index contributed by atoms with van der Waals surface area (Å²) in [6.45, 7) is 0. The maximum Gasteiger partial charge on any atom is 0.267 e. The number of anilines is 1. The number of nitrogens with one attached hydrogen (secondary N) is 1. The Morgan fingerprint density at radius 2 is 1.81 bits per heavy atom. The van der Waals surface area contributed by atoms with E-state index in [-0.39, 0.29) is 27.6 Å². The standard InChI is InChI=1S/C11H11ClN4O4S/c1-19-9-5-10(20-2)15-11(14-9)16-21(17,18)8-6-13-4-3-7(8)12/h3-6H,1-2H3,(H,14,15,16). The molecule has 21 heavy (non-hydrogen) atoms. The van der Waals surface area contributed by atoms with Gasteiger partial charge in [0, 0.05) is 12.4 Å². The van der Waals surface area contributed by atoms with Crippen LogP contribution in [0.2, 0.25) is 5.02 Å². The molecule has 0 radical (unpaired) electrons. The second-order valence-electron chi connectivity index (χ2n) is 3.69. The van der Waals surface area contributed by atoms with Crippen LogP contribution in [0.4, 0.5) is 5.95 Å². The van der Waals surface area contributed by atoms with Crippen LogP contribution in [0.15, 0.2) is 29.4 Å². The molecule has 8 nitrogen and oxygen atoms in total. The van der Waals surface area contributed by atoms with Crippen molar-refractivity contribution < 1.29 is 17.9 Å². The molecular weight excluding hydrogens is 320 g/mol. The molecule has 0 bridgehead atoms. The van der Waals surface area contributed by atoms with Gasteiger partial charge < -0.3 is 9.47 Å². The highest BCUT2D eigenvalue weighted by atomic mass is 35.5. The molecule has 2 heterocycles. The topological polar surface area (TPSA) is 103 Å². The van der Waals surface area contributed by atoms with E-state index in [9.17, 15) is 8.42 Å². The molecule has 0 aliphatic carbocycles. The predicted molar refractivity (Wildman–Crippen MR) is 75.2 cm³/mol. The Hall–Kier alpha value is -2.13. The molecular formula is C11H11ClN4O4S. The molecule has 1 N–H and O–H groups in total. The lowest BCUT2D eigenvalue weighted by Crippen LogP contribution is -2.16. The molecule has 0 aliphatic rings. The van der Waals surface area contributed by atoms with Gasteiger partial charge in [-0.25, -0.2) is 13.1 Å². The number of hydrogen-bond donors (Lipinski definition) is 1. The summed E-state index contributed by atoms with van der Waals surface area (Å²) in [7, 11) is -1.20. The van der Waals surface area contributed by atoms with Gasteiger partial charge >= 0.3 is 0 Å². The van der Waals surface area contributed by atoms with E-state index in [1.165, 1.54) is 32.5 Å². The van der Waals surface area contributed by atoms with E-state index in [4.69, 9.17) is 21.1 Å². The fourth-order valence-corrected chi connectivity index (χ4v) is 2.77. The highest BCUT2D eigenvalue weighted by Crippen LogP contribution is 2.23. The van der Waals surface area contributed by atoms with E-state index < -0.39 is 10.0 Å². The number of hydrogen-bond acceptors (Lipinski definition) is 7. The van der Waals surface area contributed by atoms with Crippen molar-refractivity contribution in [1.29, 1.82) is 0 Å². The van der Waals surface area contributed by atoms with Crippen molar-refractivity contribution in [3.8, 4) is 11.8 Å². The van der Waals surface area contributed by atoms with E-state index in [1.54, 1.807) is 0 Å². The van der Waals surface area contributed by atoms with Gasteiger partial charge in [-0.2, -0.15) is 9.97 Å². The predicted octanol–water partition coefficient (Wildman–Crippen LogP) is 1.34. The Bertz CT molecular complexity index is 731. The van der Waals surface area contributed by atoms with E-state index in [0.717, 1.165) is 6.20 Å². The Kier molecular flexibility index (Phi) is 4.43. The van der Waals surface area contributed by atoms with Crippen LogP contribution in [0.25, 0.3) is 0 Å². The molecule has 0 unspecified atom stereocenters. The number of rotatable bonds is 5. The molecule has 112 valence electrons. The third-order valence-corrected chi connectivity index (χ3v) is 4.14. The van der Waals surface area contributed by atoms with Gasteiger partial charge in [-0.05, 0) is 6.07 Å². The third kappa shape index (κ3) is 3.50. The van der Waals surface area contributed by atoms with Crippen molar-refractivity contribution in [2.45, 2.75) is 4.90 Å². The molecule has 2 aromatic rings. The lowest BCUT2D eigenvalue weighted by atomic mass is 10.5. The first-order valence-electron chi connectivity index (χ1n) is 5.55. The number of pyridine rings is 1. The average molecular weight is 331 g/mol. The maximum atomic E-state index is 12.2. The van der Waals surface area contributed by atoms with Crippen LogP contribution in [-0.2, 0) is 10.0 Å². The van der Waals surface area contributed by atoms with Crippen LogP contribution in [-0.4, -0.2) is 37.6 Å². The molecule has 0 aromatic carbocycles. The SMILES string of the molecule is COc1cc(OC)nc(NS(=O)(=O)c2cnccc2Cl)n1. The second kappa shape index (κ2) is 6.10. The van der Waals surface area contributed by atoms with Crippen LogP contribution < -0.4 is 14.2 Å². The number of sulfonamides is 1. The minimum Gasteiger partial charge on any atom is -0.481 e. The molecule has 0 saturated carbocycles. The highest BCUT2D eigenvalue weighted by Gasteiger charge is 2.20.